The Kier molecular flexibility index (Phi) is 7.99. The zero-order chi connectivity index (χ0) is 26.9. The third-order valence-corrected chi connectivity index (χ3v) is 8.33. The van der Waals surface area contributed by atoms with Gasteiger partial charge < -0.3 is 19.7 Å². The number of nitrogens with one attached hydrogen (secondary N) is 1. The minimum absolute atomic E-state index is 0.217. The number of hydrogen-bond acceptors (Lipinski definition) is 7. The quantitative estimate of drug-likeness (QED) is 0.426. The van der Waals surface area contributed by atoms with Crippen LogP contribution in [0.2, 0.25) is 0 Å². The molecule has 1 heterocycles. The largest absolute Gasteiger partial charge is 0.462 e. The van der Waals surface area contributed by atoms with E-state index in [2.05, 4.69) is 10.1 Å². The van der Waals surface area contributed by atoms with Crippen LogP contribution in [0.3, 0.4) is 0 Å². The van der Waals surface area contributed by atoms with Gasteiger partial charge in [-0.2, -0.15) is 4.31 Å². The van der Waals surface area contributed by atoms with E-state index in [1.165, 1.54) is 27.4 Å². The second-order valence-corrected chi connectivity index (χ2v) is 12.4. The molecule has 1 saturated carbocycles. The first-order chi connectivity index (χ1) is 16.7. The van der Waals surface area contributed by atoms with Crippen LogP contribution in [0.1, 0.15) is 47.0 Å². The smallest absolute Gasteiger partial charge is 0.407 e. The molecular formula is C24H34FN3O7S. The van der Waals surface area contributed by atoms with Crippen molar-refractivity contribution in [2.75, 3.05) is 26.7 Å². The van der Waals surface area contributed by atoms with Crippen LogP contribution in [0.25, 0.3) is 0 Å². The molecule has 200 valence electrons. The van der Waals surface area contributed by atoms with E-state index in [1.807, 2.05) is 0 Å². The van der Waals surface area contributed by atoms with Crippen molar-refractivity contribution in [1.29, 1.82) is 0 Å². The normalized spacial score (nSPS) is 18.5. The molecule has 1 aliphatic heterocycles. The van der Waals surface area contributed by atoms with Crippen molar-refractivity contribution in [3.05, 3.63) is 30.1 Å². The summed E-state index contributed by atoms with van der Waals surface area (Å²) in [5.74, 6) is -2.56. The van der Waals surface area contributed by atoms with Gasteiger partial charge in [-0.15, -0.1) is 0 Å². The third-order valence-electron chi connectivity index (χ3n) is 6.51. The van der Waals surface area contributed by atoms with Crippen molar-refractivity contribution in [1.82, 2.24) is 14.5 Å². The molecular weight excluding hydrogens is 493 g/mol. The molecule has 36 heavy (non-hydrogen) atoms. The summed E-state index contributed by atoms with van der Waals surface area (Å²) >= 11 is 0. The molecule has 12 heteroatoms. The molecule has 2 fully saturated rings. The predicted octanol–water partition coefficient (Wildman–Crippen LogP) is 2.28. The van der Waals surface area contributed by atoms with Gasteiger partial charge in [0.25, 0.3) is 0 Å². The molecule has 1 aromatic rings. The van der Waals surface area contributed by atoms with Crippen molar-refractivity contribution in [3.8, 4) is 0 Å². The second kappa shape index (κ2) is 10.3. The van der Waals surface area contributed by atoms with Crippen LogP contribution in [-0.4, -0.2) is 80.0 Å². The Labute approximate surface area is 211 Å². The van der Waals surface area contributed by atoms with Crippen molar-refractivity contribution >= 4 is 28.0 Å². The van der Waals surface area contributed by atoms with Crippen LogP contribution in [0.5, 0.6) is 0 Å². The number of alkyl carbamates (subject to hydrolysis) is 1. The maximum atomic E-state index is 14.1. The number of rotatable bonds is 7. The van der Waals surface area contributed by atoms with Crippen molar-refractivity contribution in [2.24, 2.45) is 5.41 Å². The molecule has 1 atom stereocenters. The zero-order valence-corrected chi connectivity index (χ0v) is 22.1. The number of sulfonamides is 1. The van der Waals surface area contributed by atoms with Gasteiger partial charge >= 0.3 is 18.0 Å². The van der Waals surface area contributed by atoms with Gasteiger partial charge in [-0.25, -0.2) is 22.4 Å². The van der Waals surface area contributed by atoms with Crippen molar-refractivity contribution in [2.45, 2.75) is 69.5 Å². The Balaban J connectivity index is 1.60. The fourth-order valence-corrected chi connectivity index (χ4v) is 6.55. The van der Waals surface area contributed by atoms with E-state index in [0.717, 1.165) is 13.2 Å². The Morgan fingerprint density at radius 3 is 2.39 bits per heavy atom. The number of amides is 2. The molecule has 0 aromatic heterocycles. The number of benzene rings is 1. The summed E-state index contributed by atoms with van der Waals surface area (Å²) in [5, 5.41) is 2.64. The van der Waals surface area contributed by atoms with Gasteiger partial charge in [0, 0.05) is 37.1 Å². The molecule has 1 aliphatic carbocycles. The molecule has 2 aliphatic rings. The van der Waals surface area contributed by atoms with Gasteiger partial charge in [-0.1, -0.05) is 12.1 Å². The van der Waals surface area contributed by atoms with E-state index >= 15 is 0 Å². The van der Waals surface area contributed by atoms with Crippen molar-refractivity contribution < 1.29 is 36.7 Å². The van der Waals surface area contributed by atoms with Crippen molar-refractivity contribution in [3.63, 3.8) is 0 Å². The predicted molar refractivity (Wildman–Crippen MR) is 128 cm³/mol. The van der Waals surface area contributed by atoms with Gasteiger partial charge in [0.05, 0.1) is 7.11 Å². The minimum atomic E-state index is -3.95. The molecule has 1 aromatic carbocycles. The Morgan fingerprint density at radius 2 is 1.83 bits per heavy atom. The highest BCUT2D eigenvalue weighted by molar-refractivity contribution is 7.89. The maximum absolute atomic E-state index is 14.1. The summed E-state index contributed by atoms with van der Waals surface area (Å²) in [6.45, 7) is 7.70. The molecule has 2 amide bonds. The van der Waals surface area contributed by atoms with E-state index in [-0.39, 0.29) is 36.0 Å². The molecule has 1 unspecified atom stereocenters. The monoisotopic (exact) mass is 527 g/mol. The van der Waals surface area contributed by atoms with E-state index in [4.69, 9.17) is 4.74 Å². The lowest BCUT2D eigenvalue weighted by atomic mass is 9.61. The highest BCUT2D eigenvalue weighted by Crippen LogP contribution is 2.52. The van der Waals surface area contributed by atoms with Crippen LogP contribution >= 0.6 is 0 Å². The van der Waals surface area contributed by atoms with E-state index in [9.17, 15) is 27.2 Å². The fraction of sp³-hybridized carbons (Fsp3) is 0.625. The highest BCUT2D eigenvalue weighted by Gasteiger charge is 2.58. The van der Waals surface area contributed by atoms with Crippen LogP contribution in [0.15, 0.2) is 29.2 Å². The SMILES string of the molecule is COC(=O)C(=O)N(C(C)CCNC(=O)OC(C)(C)C)C1CC2(C1)CN(S(=O)(=O)c1ccccc1F)C2. The molecule has 0 radical (unpaired) electrons. The Hall–Kier alpha value is -2.73. The average molecular weight is 528 g/mol. The van der Waals surface area contributed by atoms with Crippen LogP contribution < -0.4 is 5.32 Å². The second-order valence-electron chi connectivity index (χ2n) is 10.5. The topological polar surface area (TPSA) is 122 Å². The van der Waals surface area contributed by atoms with Crippen LogP contribution in [0.4, 0.5) is 9.18 Å². The lowest BCUT2D eigenvalue weighted by molar-refractivity contribution is -0.166. The Bertz CT molecular complexity index is 1100. The number of methoxy groups -OCH3 is 1. The summed E-state index contributed by atoms with van der Waals surface area (Å²) in [4.78, 5) is 37.8. The Morgan fingerprint density at radius 1 is 1.22 bits per heavy atom. The summed E-state index contributed by atoms with van der Waals surface area (Å²) in [6.07, 6.45) is 0.805. The summed E-state index contributed by atoms with van der Waals surface area (Å²) in [5.41, 5.74) is -0.967. The van der Waals surface area contributed by atoms with E-state index < -0.39 is 45.5 Å². The summed E-state index contributed by atoms with van der Waals surface area (Å²) in [6, 6.07) is 4.57. The first kappa shape index (κ1) is 27.9. The van der Waals surface area contributed by atoms with Gasteiger partial charge in [0.15, 0.2) is 0 Å². The van der Waals surface area contributed by atoms with Crippen LogP contribution in [0, 0.1) is 11.2 Å². The summed E-state index contributed by atoms with van der Waals surface area (Å²) in [7, 11) is -2.82. The standard InChI is InChI=1S/C24H34FN3O7S/c1-16(10-11-26-22(31)35-23(2,3)4)28(20(29)21(30)34-5)17-12-24(13-17)14-27(15-24)36(32,33)19-9-7-6-8-18(19)25/h6-9,16-17H,10-15H2,1-5H3,(H,26,31). The average Bonchev–Trinajstić information content (AvgIpc) is 2.71. The lowest BCUT2D eigenvalue weighted by Gasteiger charge is -2.60. The van der Waals surface area contributed by atoms with Gasteiger partial charge in [0.2, 0.25) is 10.0 Å². The van der Waals surface area contributed by atoms with Gasteiger partial charge in [0.1, 0.15) is 16.3 Å². The molecule has 10 nitrogen and oxygen atoms in total. The number of hydrogen-bond donors (Lipinski definition) is 1. The summed E-state index contributed by atoms with van der Waals surface area (Å²) < 4.78 is 50.7. The highest BCUT2D eigenvalue weighted by atomic mass is 32.2. The van der Waals surface area contributed by atoms with Gasteiger partial charge in [-0.3, -0.25) is 4.79 Å². The van der Waals surface area contributed by atoms with E-state index in [0.29, 0.717) is 19.3 Å². The molecule has 1 spiro atoms. The van der Waals surface area contributed by atoms with E-state index in [1.54, 1.807) is 27.7 Å². The third kappa shape index (κ3) is 5.97. The molecule has 0 bridgehead atoms. The lowest BCUT2D eigenvalue weighted by Crippen LogP contribution is -2.69. The minimum Gasteiger partial charge on any atom is -0.462 e. The number of carbonyl (C=O) groups is 3. The first-order valence-electron chi connectivity index (χ1n) is 11.8. The molecule has 1 N–H and O–H groups in total. The molecule has 3 rings (SSSR count). The van der Waals surface area contributed by atoms with Crippen LogP contribution in [-0.2, 0) is 29.1 Å². The number of esters is 1. The number of ether oxygens (including phenoxy) is 2. The number of carbonyl (C=O) groups excluding carboxylic acids is 3. The first-order valence-corrected chi connectivity index (χ1v) is 13.3. The molecule has 1 saturated heterocycles. The van der Waals surface area contributed by atoms with Gasteiger partial charge in [-0.05, 0) is 59.1 Å². The number of halogens is 1. The maximum Gasteiger partial charge on any atom is 0.407 e. The zero-order valence-electron chi connectivity index (χ0n) is 21.2. The fourth-order valence-electron chi connectivity index (χ4n) is 4.81. The number of nitrogens with zero attached hydrogens (tertiary/aromatic N) is 2.